The van der Waals surface area contributed by atoms with E-state index in [2.05, 4.69) is 46.0 Å². The number of amides is 1. The number of carbonyl (C=O) groups excluding carboxylic acids is 1. The molecule has 6 heteroatoms. The summed E-state index contributed by atoms with van der Waals surface area (Å²) in [6, 6.07) is 8.55. The predicted molar refractivity (Wildman–Crippen MR) is 114 cm³/mol. The SMILES string of the molecule is CCc1nc2n(c1C(=O)NCc1ccc(N3CCC(OC)CC3)cc1)CCCC2. The summed E-state index contributed by atoms with van der Waals surface area (Å²) in [6.07, 6.45) is 6.59. The summed E-state index contributed by atoms with van der Waals surface area (Å²) in [5.74, 6) is 1.06. The first-order valence-electron chi connectivity index (χ1n) is 10.9. The molecule has 3 heterocycles. The second kappa shape index (κ2) is 8.99. The van der Waals surface area contributed by atoms with Gasteiger partial charge in [-0.05, 0) is 49.8 Å². The zero-order valence-electron chi connectivity index (χ0n) is 17.6. The molecule has 2 aliphatic heterocycles. The van der Waals surface area contributed by atoms with Crippen LogP contribution in [0.3, 0.4) is 0 Å². The summed E-state index contributed by atoms with van der Waals surface area (Å²) in [5, 5.41) is 3.11. The van der Waals surface area contributed by atoms with Crippen LogP contribution in [0.4, 0.5) is 5.69 Å². The summed E-state index contributed by atoms with van der Waals surface area (Å²) >= 11 is 0. The number of nitrogens with one attached hydrogen (secondary N) is 1. The van der Waals surface area contributed by atoms with Crippen molar-refractivity contribution in [3.8, 4) is 0 Å². The smallest absolute Gasteiger partial charge is 0.270 e. The molecule has 1 fully saturated rings. The fraction of sp³-hybridized carbons (Fsp3) is 0.565. The number of aryl methyl sites for hydroxylation is 2. The predicted octanol–water partition coefficient (Wildman–Crippen LogP) is 3.33. The number of hydrogen-bond acceptors (Lipinski definition) is 4. The van der Waals surface area contributed by atoms with Crippen LogP contribution < -0.4 is 10.2 Å². The first kappa shape index (κ1) is 20.0. The van der Waals surface area contributed by atoms with Gasteiger partial charge >= 0.3 is 0 Å². The second-order valence-corrected chi connectivity index (χ2v) is 8.06. The van der Waals surface area contributed by atoms with Gasteiger partial charge in [0.15, 0.2) is 0 Å². The van der Waals surface area contributed by atoms with Crippen LogP contribution in [0, 0.1) is 0 Å². The maximum atomic E-state index is 12.9. The van der Waals surface area contributed by atoms with Gasteiger partial charge in [0.25, 0.3) is 5.91 Å². The molecule has 156 valence electrons. The summed E-state index contributed by atoms with van der Waals surface area (Å²) in [4.78, 5) is 20.0. The third kappa shape index (κ3) is 4.32. The standard InChI is InChI=1S/C23H32N4O2/c1-3-20-22(27-13-5-4-6-21(27)25-20)23(28)24-16-17-7-9-18(10-8-17)26-14-11-19(29-2)12-15-26/h7-10,19H,3-6,11-16H2,1-2H3,(H,24,28). The minimum absolute atomic E-state index is 0.00628. The van der Waals surface area contributed by atoms with Crippen molar-refractivity contribution in [3.63, 3.8) is 0 Å². The molecule has 2 aromatic rings. The van der Waals surface area contributed by atoms with Crippen LogP contribution in [0.5, 0.6) is 0 Å². The van der Waals surface area contributed by atoms with E-state index < -0.39 is 0 Å². The molecule has 0 spiro atoms. The van der Waals surface area contributed by atoms with E-state index in [-0.39, 0.29) is 5.91 Å². The number of ether oxygens (including phenoxy) is 1. The molecule has 0 atom stereocenters. The minimum Gasteiger partial charge on any atom is -0.381 e. The number of nitrogens with zero attached hydrogens (tertiary/aromatic N) is 3. The zero-order chi connectivity index (χ0) is 20.2. The van der Waals surface area contributed by atoms with E-state index >= 15 is 0 Å². The summed E-state index contributed by atoms with van der Waals surface area (Å²) in [7, 11) is 1.80. The number of fused-ring (bicyclic) bond motifs is 1. The van der Waals surface area contributed by atoms with Crippen molar-refractivity contribution in [1.29, 1.82) is 0 Å². The molecule has 0 unspecified atom stereocenters. The Labute approximate surface area is 173 Å². The fourth-order valence-electron chi connectivity index (χ4n) is 4.48. The first-order chi connectivity index (χ1) is 14.2. The molecule has 4 rings (SSSR count). The van der Waals surface area contributed by atoms with Gasteiger partial charge in [-0.1, -0.05) is 19.1 Å². The van der Waals surface area contributed by atoms with E-state index in [4.69, 9.17) is 9.72 Å². The number of carbonyl (C=O) groups is 1. The van der Waals surface area contributed by atoms with Crippen molar-refractivity contribution in [3.05, 3.63) is 47.0 Å². The van der Waals surface area contributed by atoms with Crippen LogP contribution in [0.25, 0.3) is 0 Å². The highest BCUT2D eigenvalue weighted by molar-refractivity contribution is 5.94. The van der Waals surface area contributed by atoms with Crippen molar-refractivity contribution in [1.82, 2.24) is 14.9 Å². The quantitative estimate of drug-likeness (QED) is 0.814. The number of aromatic nitrogens is 2. The summed E-state index contributed by atoms with van der Waals surface area (Å²) in [6.45, 7) is 5.56. The van der Waals surface area contributed by atoms with Gasteiger partial charge in [-0.25, -0.2) is 4.98 Å². The van der Waals surface area contributed by atoms with E-state index in [1.807, 2.05) is 0 Å². The molecule has 6 nitrogen and oxygen atoms in total. The monoisotopic (exact) mass is 396 g/mol. The van der Waals surface area contributed by atoms with Crippen LogP contribution in [-0.2, 0) is 30.7 Å². The van der Waals surface area contributed by atoms with Crippen LogP contribution >= 0.6 is 0 Å². The molecule has 0 saturated carbocycles. The van der Waals surface area contributed by atoms with Crippen molar-refractivity contribution in [2.75, 3.05) is 25.1 Å². The van der Waals surface area contributed by atoms with Gasteiger partial charge in [-0.15, -0.1) is 0 Å². The average molecular weight is 397 g/mol. The number of imidazole rings is 1. The van der Waals surface area contributed by atoms with Crippen molar-refractivity contribution in [2.24, 2.45) is 0 Å². The van der Waals surface area contributed by atoms with E-state index in [1.165, 1.54) is 5.69 Å². The molecule has 0 aliphatic carbocycles. The lowest BCUT2D eigenvalue weighted by molar-refractivity contribution is 0.0819. The Balaban J connectivity index is 1.37. The Morgan fingerprint density at radius 3 is 2.62 bits per heavy atom. The number of anilines is 1. The van der Waals surface area contributed by atoms with E-state index in [0.29, 0.717) is 12.6 Å². The maximum Gasteiger partial charge on any atom is 0.270 e. The fourth-order valence-corrected chi connectivity index (χ4v) is 4.48. The highest BCUT2D eigenvalue weighted by Gasteiger charge is 2.23. The van der Waals surface area contributed by atoms with Gasteiger partial charge in [0.2, 0.25) is 0 Å². The van der Waals surface area contributed by atoms with Crippen molar-refractivity contribution in [2.45, 2.75) is 64.6 Å². The molecule has 1 aromatic heterocycles. The lowest BCUT2D eigenvalue weighted by Crippen LogP contribution is -2.36. The molecule has 2 aliphatic rings. The first-order valence-corrected chi connectivity index (χ1v) is 10.9. The Kier molecular flexibility index (Phi) is 6.19. The Morgan fingerprint density at radius 2 is 1.93 bits per heavy atom. The van der Waals surface area contributed by atoms with Gasteiger partial charge < -0.3 is 19.5 Å². The minimum atomic E-state index is -0.00628. The highest BCUT2D eigenvalue weighted by Crippen LogP contribution is 2.22. The molecule has 0 bridgehead atoms. The van der Waals surface area contributed by atoms with E-state index in [0.717, 1.165) is 80.9 Å². The maximum absolute atomic E-state index is 12.9. The molecule has 1 N–H and O–H groups in total. The van der Waals surface area contributed by atoms with Gasteiger partial charge in [0, 0.05) is 45.4 Å². The van der Waals surface area contributed by atoms with Crippen molar-refractivity contribution >= 4 is 11.6 Å². The Bertz CT molecular complexity index is 835. The number of piperidine rings is 1. The molecule has 0 radical (unpaired) electrons. The lowest BCUT2D eigenvalue weighted by Gasteiger charge is -2.33. The topological polar surface area (TPSA) is 59.4 Å². The van der Waals surface area contributed by atoms with Crippen LogP contribution in [0.1, 0.15) is 60.2 Å². The van der Waals surface area contributed by atoms with Crippen LogP contribution in [0.2, 0.25) is 0 Å². The number of methoxy groups -OCH3 is 1. The molecule has 1 saturated heterocycles. The Morgan fingerprint density at radius 1 is 1.17 bits per heavy atom. The summed E-state index contributed by atoms with van der Waals surface area (Å²) < 4.78 is 7.59. The Hall–Kier alpha value is -2.34. The lowest BCUT2D eigenvalue weighted by atomic mass is 10.1. The zero-order valence-corrected chi connectivity index (χ0v) is 17.6. The van der Waals surface area contributed by atoms with Gasteiger partial charge in [-0.3, -0.25) is 4.79 Å². The third-order valence-electron chi connectivity index (χ3n) is 6.23. The third-order valence-corrected chi connectivity index (χ3v) is 6.23. The average Bonchev–Trinajstić information content (AvgIpc) is 3.17. The number of hydrogen-bond donors (Lipinski definition) is 1. The molecular weight excluding hydrogens is 364 g/mol. The normalized spacial score (nSPS) is 17.2. The summed E-state index contributed by atoms with van der Waals surface area (Å²) in [5.41, 5.74) is 4.05. The van der Waals surface area contributed by atoms with Crippen LogP contribution in [-0.4, -0.2) is 41.8 Å². The van der Waals surface area contributed by atoms with E-state index in [9.17, 15) is 4.79 Å². The molecule has 29 heavy (non-hydrogen) atoms. The highest BCUT2D eigenvalue weighted by atomic mass is 16.5. The van der Waals surface area contributed by atoms with Gasteiger partial charge in [0.1, 0.15) is 11.5 Å². The largest absolute Gasteiger partial charge is 0.381 e. The molecular formula is C23H32N4O2. The number of rotatable bonds is 6. The molecule has 1 aromatic carbocycles. The second-order valence-electron chi connectivity index (χ2n) is 8.06. The van der Waals surface area contributed by atoms with Gasteiger partial charge in [0.05, 0.1) is 11.8 Å². The van der Waals surface area contributed by atoms with E-state index in [1.54, 1.807) is 7.11 Å². The van der Waals surface area contributed by atoms with Gasteiger partial charge in [-0.2, -0.15) is 0 Å². The number of benzene rings is 1. The molecule has 1 amide bonds. The van der Waals surface area contributed by atoms with Crippen LogP contribution in [0.15, 0.2) is 24.3 Å². The van der Waals surface area contributed by atoms with Crippen molar-refractivity contribution < 1.29 is 9.53 Å².